The van der Waals surface area contributed by atoms with Crippen LogP contribution in [-0.4, -0.2) is 55.0 Å². The highest BCUT2D eigenvalue weighted by molar-refractivity contribution is 6.95. The van der Waals surface area contributed by atoms with E-state index in [4.69, 9.17) is 17.1 Å². The van der Waals surface area contributed by atoms with Gasteiger partial charge in [0.1, 0.15) is 5.75 Å². The highest BCUT2D eigenvalue weighted by Gasteiger charge is 2.42. The maximum atomic E-state index is 13.4. The summed E-state index contributed by atoms with van der Waals surface area (Å²) in [6.07, 6.45) is 3.30. The van der Waals surface area contributed by atoms with Gasteiger partial charge in [0.25, 0.3) is 0 Å². The number of benzene rings is 1. The first-order chi connectivity index (χ1) is 15.1. The summed E-state index contributed by atoms with van der Waals surface area (Å²) in [5.74, 6) is -0.599. The largest absolute Gasteiger partial charge is 0.505 e. The van der Waals surface area contributed by atoms with Crippen LogP contribution in [0.3, 0.4) is 0 Å². The van der Waals surface area contributed by atoms with E-state index < -0.39 is 39.3 Å². The van der Waals surface area contributed by atoms with Crippen molar-refractivity contribution in [2.24, 2.45) is 0 Å². The zero-order valence-corrected chi connectivity index (χ0v) is 27.1. The Morgan fingerprint density at radius 2 is 1.55 bits per heavy atom. The first-order valence-electron chi connectivity index (χ1n) is 12.0. The number of phenolic OH excluding ortho intramolecular Hbond substituents is 1. The van der Waals surface area contributed by atoms with Crippen molar-refractivity contribution in [2.45, 2.75) is 96.3 Å². The number of ether oxygens (including phenoxy) is 1. The number of aromatic hydroxyl groups is 1. The molecule has 0 atom stereocenters. The van der Waals surface area contributed by atoms with Gasteiger partial charge < -0.3 is 22.2 Å². The average Bonchev–Trinajstić information content (AvgIpc) is 2.62. The van der Waals surface area contributed by atoms with Gasteiger partial charge in [-0.25, -0.2) is 4.39 Å². The molecule has 0 amide bonds. The lowest BCUT2D eigenvalue weighted by Crippen LogP contribution is -2.55. The predicted molar refractivity (Wildman–Crippen MR) is 146 cm³/mol. The Morgan fingerprint density at radius 1 is 0.909 bits per heavy atom. The van der Waals surface area contributed by atoms with Crippen molar-refractivity contribution < 1.29 is 26.6 Å². The van der Waals surface area contributed by atoms with Crippen LogP contribution in [0.25, 0.3) is 0 Å². The van der Waals surface area contributed by atoms with Crippen LogP contribution in [-0.2, 0) is 12.3 Å². The molecule has 2 radical (unpaired) electrons. The highest BCUT2D eigenvalue weighted by Crippen LogP contribution is 2.29. The van der Waals surface area contributed by atoms with Crippen LogP contribution in [0.2, 0.25) is 70.1 Å². The first kappa shape index (κ1) is 30.7. The molecule has 5 nitrogen and oxygen atoms in total. The smallest absolute Gasteiger partial charge is 0.311 e. The summed E-state index contributed by atoms with van der Waals surface area (Å²) in [5.41, 5.74) is 1.08. The number of hydrogen-bond acceptors (Lipinski definition) is 5. The van der Waals surface area contributed by atoms with Crippen LogP contribution in [0.15, 0.2) is 18.2 Å². The number of rotatable bonds is 16. The molecule has 33 heavy (non-hydrogen) atoms. The summed E-state index contributed by atoms with van der Waals surface area (Å²) in [6, 6.07) is 6.21. The first-order valence-corrected chi connectivity index (χ1v) is 25.3. The van der Waals surface area contributed by atoms with Crippen molar-refractivity contribution in [3.05, 3.63) is 24.0 Å². The third-order valence-electron chi connectivity index (χ3n) is 4.99. The zero-order valence-electron chi connectivity index (χ0n) is 22.1. The van der Waals surface area contributed by atoms with Crippen LogP contribution in [0.1, 0.15) is 26.2 Å². The Bertz CT molecular complexity index is 731. The minimum absolute atomic E-state index is 0.363. The van der Waals surface area contributed by atoms with Crippen LogP contribution < -0.4 is 4.74 Å². The fraction of sp³-hybridized carbons (Fsp3) is 0.727. The van der Waals surface area contributed by atoms with Crippen LogP contribution in [0, 0.1) is 5.82 Å². The van der Waals surface area contributed by atoms with Gasteiger partial charge in [-0.15, -0.1) is 0 Å². The van der Waals surface area contributed by atoms with E-state index in [1.807, 2.05) is 0 Å². The van der Waals surface area contributed by atoms with E-state index in [0.717, 1.165) is 18.1 Å². The molecule has 190 valence electrons. The lowest BCUT2D eigenvalue weighted by atomic mass is 10.3. The summed E-state index contributed by atoms with van der Waals surface area (Å²) >= 11 is 0. The summed E-state index contributed by atoms with van der Waals surface area (Å²) in [5, 5.41) is 9.28. The summed E-state index contributed by atoms with van der Waals surface area (Å²) in [4.78, 5) is 0. The van der Waals surface area contributed by atoms with Gasteiger partial charge in [-0.1, -0.05) is 19.8 Å². The van der Waals surface area contributed by atoms with E-state index in [1.165, 1.54) is 31.0 Å². The Morgan fingerprint density at radius 3 is 2.15 bits per heavy atom. The Balaban J connectivity index is 2.51. The third kappa shape index (κ3) is 13.4. The minimum Gasteiger partial charge on any atom is -0.505 e. The van der Waals surface area contributed by atoms with E-state index in [2.05, 4.69) is 59.3 Å². The average molecular weight is 549 g/mol. The van der Waals surface area contributed by atoms with Crippen molar-refractivity contribution in [1.82, 2.24) is 0 Å². The number of halogens is 1. The van der Waals surface area contributed by atoms with Crippen molar-refractivity contribution in [3.63, 3.8) is 0 Å². The summed E-state index contributed by atoms with van der Waals surface area (Å²) in [7, 11) is -7.27. The van der Waals surface area contributed by atoms with Crippen molar-refractivity contribution in [1.29, 1.82) is 0 Å². The second-order valence-electron chi connectivity index (χ2n) is 11.0. The molecule has 1 N–H and O–H groups in total. The van der Waals surface area contributed by atoms with Crippen LogP contribution in [0.5, 0.6) is 11.5 Å². The van der Waals surface area contributed by atoms with Gasteiger partial charge in [0, 0.05) is 6.07 Å². The molecule has 0 fully saturated rings. The zero-order chi connectivity index (χ0) is 25.3. The Labute approximate surface area is 208 Å². The fourth-order valence-corrected chi connectivity index (χ4v) is 29.4. The molecule has 0 bridgehead atoms. The molecule has 0 aromatic heterocycles. The van der Waals surface area contributed by atoms with Gasteiger partial charge in [0.2, 0.25) is 9.76 Å². The van der Waals surface area contributed by atoms with Crippen molar-refractivity contribution >= 4 is 43.3 Å². The standard InChI is InChI=1S/C22H45FO5Si5/c1-10-11-16-29-26-31(4,5)19-32(6,7)28-33(8,9)27-30(2,3)17-12-15-25-20-13-14-22(24)21(23)18-20/h13-14,18,24H,10-12,15-17,19H2,1-9H3. The van der Waals surface area contributed by atoms with Gasteiger partial charge in [-0.05, 0) is 88.7 Å². The molecule has 0 aliphatic rings. The van der Waals surface area contributed by atoms with E-state index in [1.54, 1.807) is 6.07 Å². The topological polar surface area (TPSA) is 57.2 Å². The highest BCUT2D eigenvalue weighted by atomic mass is 28.5. The van der Waals surface area contributed by atoms with Gasteiger partial charge in [0.05, 0.1) is 6.61 Å². The molecule has 0 spiro atoms. The third-order valence-corrected chi connectivity index (χ3v) is 25.1. The number of hydrogen-bond donors (Lipinski definition) is 1. The van der Waals surface area contributed by atoms with Crippen molar-refractivity contribution in [2.75, 3.05) is 6.61 Å². The number of phenols is 1. The predicted octanol–water partition coefficient (Wildman–Crippen LogP) is 7.04. The monoisotopic (exact) mass is 548 g/mol. The molecular weight excluding hydrogens is 504 g/mol. The molecule has 0 unspecified atom stereocenters. The summed E-state index contributed by atoms with van der Waals surface area (Å²) in [6.45, 7) is 20.8. The van der Waals surface area contributed by atoms with Gasteiger partial charge >= 0.3 is 8.56 Å². The van der Waals surface area contributed by atoms with Crippen molar-refractivity contribution in [3.8, 4) is 11.5 Å². The normalized spacial score (nSPS) is 13.4. The summed E-state index contributed by atoms with van der Waals surface area (Å²) < 4.78 is 38.9. The molecule has 1 aromatic carbocycles. The molecule has 0 saturated carbocycles. The van der Waals surface area contributed by atoms with Crippen LogP contribution >= 0.6 is 0 Å². The molecular formula is C22H45FO5Si5. The lowest BCUT2D eigenvalue weighted by Gasteiger charge is -2.40. The second-order valence-corrected chi connectivity index (χ2v) is 29.5. The lowest BCUT2D eigenvalue weighted by molar-refractivity contribution is 0.310. The Hall–Kier alpha value is -0.286. The van der Waals surface area contributed by atoms with Gasteiger partial charge in [-0.3, -0.25) is 0 Å². The SMILES string of the molecule is CCCC[Si]O[Si](C)(C)C[Si](C)(C)O[Si](C)(C)O[Si](C)(C)CCCOc1ccc(O)c(F)c1. The van der Waals surface area contributed by atoms with E-state index in [0.29, 0.717) is 22.1 Å². The van der Waals surface area contributed by atoms with Crippen LogP contribution in [0.4, 0.5) is 4.39 Å². The van der Waals surface area contributed by atoms with E-state index in [9.17, 15) is 9.50 Å². The number of unbranched alkanes of at least 4 members (excludes halogenated alkanes) is 1. The minimum atomic E-state index is -2.28. The Kier molecular flexibility index (Phi) is 12.2. The van der Waals surface area contributed by atoms with Gasteiger partial charge in [0.15, 0.2) is 36.5 Å². The molecule has 1 aromatic rings. The molecule has 1 rings (SSSR count). The maximum Gasteiger partial charge on any atom is 0.311 e. The van der Waals surface area contributed by atoms with Gasteiger partial charge in [-0.2, -0.15) is 0 Å². The maximum absolute atomic E-state index is 13.4. The quantitative estimate of drug-likeness (QED) is 0.177. The van der Waals surface area contributed by atoms with E-state index in [-0.39, 0.29) is 5.75 Å². The molecule has 0 aliphatic heterocycles. The second kappa shape index (κ2) is 13.1. The molecule has 0 aliphatic carbocycles. The molecule has 0 saturated heterocycles. The van der Waals surface area contributed by atoms with E-state index >= 15 is 0 Å². The fourth-order valence-electron chi connectivity index (χ4n) is 4.26. The molecule has 11 heteroatoms. The molecule has 0 heterocycles.